The summed E-state index contributed by atoms with van der Waals surface area (Å²) in [6.45, 7) is 1.50. The quantitative estimate of drug-likeness (QED) is 0.494. The SMILES string of the molecule is O=C(NCCCn1ccnc1)[C@H](Sc1ccccc1)c1ccccc1. The molecule has 0 spiro atoms. The average Bonchev–Trinajstić information content (AvgIpc) is 3.18. The Balaban J connectivity index is 1.60. The van der Waals surface area contributed by atoms with E-state index in [9.17, 15) is 4.79 Å². The van der Waals surface area contributed by atoms with E-state index in [1.165, 1.54) is 0 Å². The lowest BCUT2D eigenvalue weighted by Crippen LogP contribution is -2.29. The number of nitrogens with one attached hydrogen (secondary N) is 1. The molecule has 5 heteroatoms. The first kappa shape index (κ1) is 17.3. The van der Waals surface area contributed by atoms with E-state index in [1.807, 2.05) is 71.4 Å². The highest BCUT2D eigenvalue weighted by molar-refractivity contribution is 8.00. The van der Waals surface area contributed by atoms with Crippen molar-refractivity contribution >= 4 is 17.7 Å². The molecule has 3 rings (SSSR count). The molecule has 1 aromatic heterocycles. The van der Waals surface area contributed by atoms with E-state index in [-0.39, 0.29) is 11.2 Å². The standard InChI is InChI=1S/C20H21N3OS/c24-20(22-12-7-14-23-15-13-21-16-23)19(17-8-3-1-4-9-17)25-18-10-5-2-6-11-18/h1-6,8-11,13,15-16,19H,7,12,14H2,(H,22,24)/t19-/m1/s1. The second-order valence-corrected chi connectivity index (χ2v) is 6.85. The van der Waals surface area contributed by atoms with Crippen LogP contribution in [0.5, 0.6) is 0 Å². The molecule has 1 amide bonds. The maximum atomic E-state index is 12.8. The molecule has 0 saturated carbocycles. The second kappa shape index (κ2) is 9.08. The fourth-order valence-electron chi connectivity index (χ4n) is 2.52. The first-order valence-corrected chi connectivity index (χ1v) is 9.21. The van der Waals surface area contributed by atoms with Gasteiger partial charge in [-0.25, -0.2) is 4.98 Å². The molecule has 1 atom stereocenters. The van der Waals surface area contributed by atoms with Crippen LogP contribution in [-0.4, -0.2) is 22.0 Å². The molecule has 0 aliphatic rings. The first-order chi connectivity index (χ1) is 12.3. The van der Waals surface area contributed by atoms with E-state index in [0.29, 0.717) is 6.54 Å². The van der Waals surface area contributed by atoms with E-state index >= 15 is 0 Å². The van der Waals surface area contributed by atoms with Gasteiger partial charge in [0, 0.05) is 30.4 Å². The van der Waals surface area contributed by atoms with Crippen molar-refractivity contribution in [1.82, 2.24) is 14.9 Å². The second-order valence-electron chi connectivity index (χ2n) is 5.67. The van der Waals surface area contributed by atoms with E-state index in [4.69, 9.17) is 0 Å². The lowest BCUT2D eigenvalue weighted by molar-refractivity contribution is -0.120. The lowest BCUT2D eigenvalue weighted by atomic mass is 10.1. The molecule has 0 bridgehead atoms. The third kappa shape index (κ3) is 5.22. The smallest absolute Gasteiger partial charge is 0.237 e. The summed E-state index contributed by atoms with van der Waals surface area (Å²) >= 11 is 1.58. The van der Waals surface area contributed by atoms with Crippen molar-refractivity contribution in [2.24, 2.45) is 0 Å². The number of hydrogen-bond donors (Lipinski definition) is 1. The van der Waals surface area contributed by atoms with Gasteiger partial charge in [0.1, 0.15) is 5.25 Å². The monoisotopic (exact) mass is 351 g/mol. The van der Waals surface area contributed by atoms with Crippen molar-refractivity contribution in [2.75, 3.05) is 6.54 Å². The van der Waals surface area contributed by atoms with Gasteiger partial charge in [-0.1, -0.05) is 48.5 Å². The van der Waals surface area contributed by atoms with Gasteiger partial charge >= 0.3 is 0 Å². The molecule has 2 aromatic carbocycles. The van der Waals surface area contributed by atoms with Crippen molar-refractivity contribution in [3.63, 3.8) is 0 Å². The minimum Gasteiger partial charge on any atom is -0.355 e. The number of nitrogens with zero attached hydrogens (tertiary/aromatic N) is 2. The van der Waals surface area contributed by atoms with Gasteiger partial charge in [-0.2, -0.15) is 0 Å². The fourth-order valence-corrected chi connectivity index (χ4v) is 3.59. The largest absolute Gasteiger partial charge is 0.355 e. The van der Waals surface area contributed by atoms with Crippen molar-refractivity contribution in [1.29, 1.82) is 0 Å². The number of imidazole rings is 1. The minimum atomic E-state index is -0.253. The maximum absolute atomic E-state index is 12.8. The summed E-state index contributed by atoms with van der Waals surface area (Å²) in [6, 6.07) is 20.0. The third-order valence-corrected chi connectivity index (χ3v) is 5.06. The summed E-state index contributed by atoms with van der Waals surface area (Å²) in [5.74, 6) is 0.0469. The number of thioether (sulfide) groups is 1. The number of benzene rings is 2. The van der Waals surface area contributed by atoms with E-state index < -0.39 is 0 Å². The number of hydrogen-bond acceptors (Lipinski definition) is 3. The van der Waals surface area contributed by atoms with Crippen LogP contribution in [0, 0.1) is 0 Å². The molecule has 0 aliphatic carbocycles. The molecule has 1 heterocycles. The molecular formula is C20H21N3OS. The van der Waals surface area contributed by atoms with Crippen LogP contribution in [0.15, 0.2) is 84.3 Å². The van der Waals surface area contributed by atoms with Crippen LogP contribution in [0.25, 0.3) is 0 Å². The Hall–Kier alpha value is -2.53. The molecule has 0 fully saturated rings. The predicted octanol–water partition coefficient (Wildman–Crippen LogP) is 3.92. The van der Waals surface area contributed by atoms with Crippen molar-refractivity contribution in [3.05, 3.63) is 84.9 Å². The van der Waals surface area contributed by atoms with Gasteiger partial charge in [0.2, 0.25) is 5.91 Å². The lowest BCUT2D eigenvalue weighted by Gasteiger charge is -2.17. The Kier molecular flexibility index (Phi) is 6.29. The highest BCUT2D eigenvalue weighted by Crippen LogP contribution is 2.35. The Bertz CT molecular complexity index is 760. The molecular weight excluding hydrogens is 330 g/mol. The Labute approximate surface area is 152 Å². The van der Waals surface area contributed by atoms with Gasteiger partial charge in [0.15, 0.2) is 0 Å². The fraction of sp³-hybridized carbons (Fsp3) is 0.200. The van der Waals surface area contributed by atoms with Crippen LogP contribution in [0.3, 0.4) is 0 Å². The van der Waals surface area contributed by atoms with Gasteiger partial charge < -0.3 is 9.88 Å². The van der Waals surface area contributed by atoms with E-state index in [0.717, 1.165) is 23.4 Å². The maximum Gasteiger partial charge on any atom is 0.237 e. The predicted molar refractivity (Wildman–Crippen MR) is 101 cm³/mol. The topological polar surface area (TPSA) is 46.9 Å². The van der Waals surface area contributed by atoms with Crippen LogP contribution >= 0.6 is 11.8 Å². The zero-order valence-corrected chi connectivity index (χ0v) is 14.7. The van der Waals surface area contributed by atoms with Gasteiger partial charge in [-0.15, -0.1) is 11.8 Å². The van der Waals surface area contributed by atoms with Crippen LogP contribution in [0.2, 0.25) is 0 Å². The summed E-state index contributed by atoms with van der Waals surface area (Å²) in [5.41, 5.74) is 1.02. The molecule has 128 valence electrons. The molecule has 0 radical (unpaired) electrons. The molecule has 4 nitrogen and oxygen atoms in total. The summed E-state index contributed by atoms with van der Waals surface area (Å²) in [7, 11) is 0. The van der Waals surface area contributed by atoms with Gasteiger partial charge in [-0.05, 0) is 24.1 Å². The van der Waals surface area contributed by atoms with Gasteiger partial charge in [0.25, 0.3) is 0 Å². The van der Waals surface area contributed by atoms with Crippen LogP contribution in [0.4, 0.5) is 0 Å². The number of amides is 1. The van der Waals surface area contributed by atoms with Crippen LogP contribution < -0.4 is 5.32 Å². The minimum absolute atomic E-state index is 0.0469. The zero-order valence-electron chi connectivity index (χ0n) is 13.9. The summed E-state index contributed by atoms with van der Waals surface area (Å²) < 4.78 is 2.01. The molecule has 0 aliphatic heterocycles. The summed E-state index contributed by atoms with van der Waals surface area (Å²) in [5, 5.41) is 2.82. The molecule has 0 saturated heterocycles. The van der Waals surface area contributed by atoms with E-state index in [2.05, 4.69) is 10.3 Å². The van der Waals surface area contributed by atoms with E-state index in [1.54, 1.807) is 24.3 Å². The third-order valence-electron chi connectivity index (χ3n) is 3.79. The highest BCUT2D eigenvalue weighted by Gasteiger charge is 2.21. The Morgan fingerprint density at radius 3 is 2.48 bits per heavy atom. The number of aryl methyl sites for hydroxylation is 1. The van der Waals surface area contributed by atoms with Gasteiger partial charge in [0.05, 0.1) is 6.33 Å². The molecule has 3 aromatic rings. The molecule has 25 heavy (non-hydrogen) atoms. The van der Waals surface area contributed by atoms with Gasteiger partial charge in [-0.3, -0.25) is 4.79 Å². The van der Waals surface area contributed by atoms with Crippen molar-refractivity contribution < 1.29 is 4.79 Å². The molecule has 1 N–H and O–H groups in total. The Morgan fingerprint density at radius 2 is 1.80 bits per heavy atom. The van der Waals surface area contributed by atoms with Crippen LogP contribution in [-0.2, 0) is 11.3 Å². The van der Waals surface area contributed by atoms with Crippen molar-refractivity contribution in [2.45, 2.75) is 23.1 Å². The number of aromatic nitrogens is 2. The normalized spacial score (nSPS) is 11.8. The summed E-state index contributed by atoms with van der Waals surface area (Å²) in [6.07, 6.45) is 6.36. The van der Waals surface area contributed by atoms with Crippen LogP contribution in [0.1, 0.15) is 17.2 Å². The van der Waals surface area contributed by atoms with Crippen molar-refractivity contribution in [3.8, 4) is 0 Å². The first-order valence-electron chi connectivity index (χ1n) is 8.33. The zero-order chi connectivity index (χ0) is 17.3. The Morgan fingerprint density at radius 1 is 1.08 bits per heavy atom. The number of rotatable bonds is 8. The number of carbonyl (C=O) groups excluding carboxylic acids is 1. The summed E-state index contributed by atoms with van der Waals surface area (Å²) in [4.78, 5) is 17.9. The average molecular weight is 351 g/mol. The highest BCUT2D eigenvalue weighted by atomic mass is 32.2. The number of carbonyl (C=O) groups is 1. The molecule has 0 unspecified atom stereocenters.